The van der Waals surface area contributed by atoms with Crippen LogP contribution in [0.1, 0.15) is 25.2 Å². The Balaban J connectivity index is 2.42. The summed E-state index contributed by atoms with van der Waals surface area (Å²) in [5, 5.41) is 7.90. The SMILES string of the molecule is CCn1nc(C)cc1CNCC(C)N(C)C. The molecule has 0 aromatic carbocycles. The number of rotatable bonds is 6. The lowest BCUT2D eigenvalue weighted by Gasteiger charge is -2.20. The molecule has 4 nitrogen and oxygen atoms in total. The lowest BCUT2D eigenvalue weighted by molar-refractivity contribution is 0.301. The van der Waals surface area contributed by atoms with Crippen LogP contribution >= 0.6 is 0 Å². The molecule has 0 amide bonds. The first-order valence-corrected chi connectivity index (χ1v) is 5.95. The van der Waals surface area contributed by atoms with Crippen molar-refractivity contribution in [3.05, 3.63) is 17.5 Å². The molecule has 0 spiro atoms. The molecule has 0 radical (unpaired) electrons. The quantitative estimate of drug-likeness (QED) is 0.789. The highest BCUT2D eigenvalue weighted by molar-refractivity contribution is 5.08. The van der Waals surface area contributed by atoms with Gasteiger partial charge < -0.3 is 10.2 Å². The normalized spacial score (nSPS) is 13.4. The van der Waals surface area contributed by atoms with Crippen molar-refractivity contribution in [2.24, 2.45) is 0 Å². The van der Waals surface area contributed by atoms with E-state index >= 15 is 0 Å². The van der Waals surface area contributed by atoms with Gasteiger partial charge in [-0.2, -0.15) is 5.10 Å². The molecular formula is C12H24N4. The first kappa shape index (κ1) is 13.2. The Bertz CT molecular complexity index is 317. The zero-order valence-corrected chi connectivity index (χ0v) is 11.1. The number of aryl methyl sites for hydroxylation is 2. The van der Waals surface area contributed by atoms with Crippen LogP contribution in [-0.4, -0.2) is 41.4 Å². The second-order valence-corrected chi connectivity index (χ2v) is 4.54. The molecule has 0 saturated carbocycles. The lowest BCUT2D eigenvalue weighted by atomic mass is 10.3. The zero-order chi connectivity index (χ0) is 12.1. The molecule has 0 fully saturated rings. The van der Waals surface area contributed by atoms with Gasteiger partial charge in [-0.1, -0.05) is 0 Å². The molecule has 0 aliphatic carbocycles. The van der Waals surface area contributed by atoms with Crippen LogP contribution in [0.4, 0.5) is 0 Å². The maximum absolute atomic E-state index is 4.43. The molecule has 92 valence electrons. The van der Waals surface area contributed by atoms with Crippen molar-refractivity contribution in [1.29, 1.82) is 0 Å². The Labute approximate surface area is 98.6 Å². The van der Waals surface area contributed by atoms with Crippen LogP contribution in [0.25, 0.3) is 0 Å². The smallest absolute Gasteiger partial charge is 0.0597 e. The lowest BCUT2D eigenvalue weighted by Crippen LogP contribution is -2.35. The number of hydrogen-bond donors (Lipinski definition) is 1. The van der Waals surface area contributed by atoms with Crippen molar-refractivity contribution in [3.63, 3.8) is 0 Å². The predicted molar refractivity (Wildman–Crippen MR) is 67.5 cm³/mol. The van der Waals surface area contributed by atoms with Gasteiger partial charge >= 0.3 is 0 Å². The van der Waals surface area contributed by atoms with Crippen LogP contribution < -0.4 is 5.32 Å². The molecule has 0 aliphatic heterocycles. The zero-order valence-electron chi connectivity index (χ0n) is 11.1. The summed E-state index contributed by atoms with van der Waals surface area (Å²) in [5.41, 5.74) is 2.37. The molecule has 1 N–H and O–H groups in total. The Morgan fingerprint density at radius 2 is 2.19 bits per heavy atom. The molecule has 16 heavy (non-hydrogen) atoms. The van der Waals surface area contributed by atoms with E-state index < -0.39 is 0 Å². The van der Waals surface area contributed by atoms with Gasteiger partial charge in [-0.25, -0.2) is 0 Å². The third-order valence-corrected chi connectivity index (χ3v) is 2.91. The van der Waals surface area contributed by atoms with E-state index in [0.717, 1.165) is 25.3 Å². The van der Waals surface area contributed by atoms with Crippen molar-refractivity contribution in [1.82, 2.24) is 20.0 Å². The minimum Gasteiger partial charge on any atom is -0.310 e. The van der Waals surface area contributed by atoms with E-state index in [0.29, 0.717) is 6.04 Å². The monoisotopic (exact) mass is 224 g/mol. The molecule has 4 heteroatoms. The van der Waals surface area contributed by atoms with Gasteiger partial charge in [-0.3, -0.25) is 4.68 Å². The van der Waals surface area contributed by atoms with Crippen molar-refractivity contribution in [3.8, 4) is 0 Å². The Morgan fingerprint density at radius 1 is 1.50 bits per heavy atom. The van der Waals surface area contributed by atoms with Crippen molar-refractivity contribution in [2.45, 2.75) is 39.9 Å². The third-order valence-electron chi connectivity index (χ3n) is 2.91. The molecule has 0 aliphatic rings. The summed E-state index contributed by atoms with van der Waals surface area (Å²) in [6.07, 6.45) is 0. The van der Waals surface area contributed by atoms with E-state index in [2.05, 4.69) is 54.0 Å². The van der Waals surface area contributed by atoms with E-state index in [4.69, 9.17) is 0 Å². The average molecular weight is 224 g/mol. The molecule has 1 aromatic heterocycles. The molecule has 1 unspecified atom stereocenters. The number of aromatic nitrogens is 2. The van der Waals surface area contributed by atoms with Crippen LogP contribution in [0.5, 0.6) is 0 Å². The van der Waals surface area contributed by atoms with Crippen LogP contribution in [0, 0.1) is 6.92 Å². The fraction of sp³-hybridized carbons (Fsp3) is 0.750. The van der Waals surface area contributed by atoms with Gasteiger partial charge in [0.1, 0.15) is 0 Å². The van der Waals surface area contributed by atoms with Crippen molar-refractivity contribution >= 4 is 0 Å². The second kappa shape index (κ2) is 6.01. The van der Waals surface area contributed by atoms with Crippen LogP contribution in [0.3, 0.4) is 0 Å². The van der Waals surface area contributed by atoms with Crippen molar-refractivity contribution in [2.75, 3.05) is 20.6 Å². The van der Waals surface area contributed by atoms with Crippen LogP contribution in [0.15, 0.2) is 6.07 Å². The van der Waals surface area contributed by atoms with E-state index in [1.54, 1.807) is 0 Å². The Kier molecular flexibility index (Phi) is 4.96. The van der Waals surface area contributed by atoms with E-state index in [-0.39, 0.29) is 0 Å². The summed E-state index contributed by atoms with van der Waals surface area (Å²) >= 11 is 0. The number of nitrogens with zero attached hydrogens (tertiary/aromatic N) is 3. The van der Waals surface area contributed by atoms with Gasteiger partial charge in [-0.15, -0.1) is 0 Å². The van der Waals surface area contributed by atoms with Gasteiger partial charge in [0.2, 0.25) is 0 Å². The number of likely N-dealkylation sites (N-methyl/N-ethyl adjacent to an activating group) is 1. The summed E-state index contributed by atoms with van der Waals surface area (Å²) in [7, 11) is 4.21. The van der Waals surface area contributed by atoms with Crippen molar-refractivity contribution < 1.29 is 0 Å². The van der Waals surface area contributed by atoms with E-state index in [1.165, 1.54) is 5.69 Å². The molecule has 1 atom stereocenters. The number of nitrogens with one attached hydrogen (secondary N) is 1. The summed E-state index contributed by atoms with van der Waals surface area (Å²) in [4.78, 5) is 2.22. The minimum atomic E-state index is 0.555. The molecule has 1 rings (SSSR count). The standard InChI is InChI=1S/C12H24N4/c1-6-16-12(7-10(2)14-16)9-13-8-11(3)15(4)5/h7,11,13H,6,8-9H2,1-5H3. The van der Waals surface area contributed by atoms with Gasteiger partial charge in [0.15, 0.2) is 0 Å². The topological polar surface area (TPSA) is 33.1 Å². The minimum absolute atomic E-state index is 0.555. The summed E-state index contributed by atoms with van der Waals surface area (Å²) in [6, 6.07) is 2.70. The largest absolute Gasteiger partial charge is 0.310 e. The Morgan fingerprint density at radius 3 is 2.75 bits per heavy atom. The number of hydrogen-bond acceptors (Lipinski definition) is 3. The van der Waals surface area contributed by atoms with Crippen LogP contribution in [0.2, 0.25) is 0 Å². The second-order valence-electron chi connectivity index (χ2n) is 4.54. The van der Waals surface area contributed by atoms with E-state index in [1.807, 2.05) is 6.92 Å². The van der Waals surface area contributed by atoms with Gasteiger partial charge in [0, 0.05) is 25.7 Å². The summed E-state index contributed by atoms with van der Waals surface area (Å²) in [5.74, 6) is 0. The van der Waals surface area contributed by atoms with Gasteiger partial charge in [-0.05, 0) is 40.9 Å². The molecule has 1 aromatic rings. The third kappa shape index (κ3) is 3.61. The van der Waals surface area contributed by atoms with Gasteiger partial charge in [0.25, 0.3) is 0 Å². The fourth-order valence-corrected chi connectivity index (χ4v) is 1.61. The van der Waals surface area contributed by atoms with Gasteiger partial charge in [0.05, 0.1) is 11.4 Å². The highest BCUT2D eigenvalue weighted by Gasteiger charge is 2.06. The Hall–Kier alpha value is -0.870. The molecule has 1 heterocycles. The maximum Gasteiger partial charge on any atom is 0.0597 e. The molecular weight excluding hydrogens is 200 g/mol. The summed E-state index contributed by atoms with van der Waals surface area (Å²) in [6.45, 7) is 9.22. The fourth-order valence-electron chi connectivity index (χ4n) is 1.61. The average Bonchev–Trinajstić information content (AvgIpc) is 2.58. The van der Waals surface area contributed by atoms with E-state index in [9.17, 15) is 0 Å². The first-order chi connectivity index (χ1) is 7.54. The predicted octanol–water partition coefficient (Wildman–Crippen LogP) is 1.25. The summed E-state index contributed by atoms with van der Waals surface area (Å²) < 4.78 is 2.06. The maximum atomic E-state index is 4.43. The van der Waals surface area contributed by atoms with Crippen LogP contribution in [-0.2, 0) is 13.1 Å². The molecule has 0 saturated heterocycles. The first-order valence-electron chi connectivity index (χ1n) is 5.95. The highest BCUT2D eigenvalue weighted by Crippen LogP contribution is 2.03. The highest BCUT2D eigenvalue weighted by atomic mass is 15.3. The molecule has 0 bridgehead atoms.